The quantitative estimate of drug-likeness (QED) is 0.890. The first kappa shape index (κ1) is 13.4. The molecule has 1 aliphatic rings. The maximum absolute atomic E-state index is 6.34. The van der Waals surface area contributed by atoms with Crippen LogP contribution in [-0.2, 0) is 11.2 Å². The lowest BCUT2D eigenvalue weighted by atomic mass is 9.88. The summed E-state index contributed by atoms with van der Waals surface area (Å²) in [5.41, 5.74) is 8.82. The second-order valence-corrected chi connectivity index (χ2v) is 5.13. The van der Waals surface area contributed by atoms with Crippen molar-refractivity contribution < 1.29 is 9.47 Å². The van der Waals surface area contributed by atoms with Crippen molar-refractivity contribution in [1.82, 2.24) is 0 Å². The highest BCUT2D eigenvalue weighted by Crippen LogP contribution is 2.25. The fourth-order valence-electron chi connectivity index (χ4n) is 2.63. The minimum absolute atomic E-state index is 0.199. The number of benzene rings is 1. The first-order chi connectivity index (χ1) is 8.70. The van der Waals surface area contributed by atoms with Gasteiger partial charge in [-0.15, -0.1) is 0 Å². The molecule has 0 saturated carbocycles. The average molecular weight is 249 g/mol. The van der Waals surface area contributed by atoms with Gasteiger partial charge in [-0.3, -0.25) is 0 Å². The van der Waals surface area contributed by atoms with Gasteiger partial charge in [0.1, 0.15) is 5.75 Å². The molecule has 0 bridgehead atoms. The van der Waals surface area contributed by atoms with Gasteiger partial charge < -0.3 is 15.2 Å². The van der Waals surface area contributed by atoms with Gasteiger partial charge in [-0.25, -0.2) is 0 Å². The van der Waals surface area contributed by atoms with Crippen molar-refractivity contribution in [2.45, 2.75) is 32.2 Å². The van der Waals surface area contributed by atoms with Crippen molar-refractivity contribution in [3.8, 4) is 5.75 Å². The lowest BCUT2D eigenvalue weighted by Gasteiger charge is -2.28. The first-order valence-electron chi connectivity index (χ1n) is 6.67. The lowest BCUT2D eigenvalue weighted by molar-refractivity contribution is 0.0584. The highest BCUT2D eigenvalue weighted by molar-refractivity contribution is 5.37. The van der Waals surface area contributed by atoms with Gasteiger partial charge in [0.25, 0.3) is 0 Å². The van der Waals surface area contributed by atoms with Crippen LogP contribution in [0.15, 0.2) is 18.2 Å². The Morgan fingerprint density at radius 2 is 2.11 bits per heavy atom. The molecule has 0 spiro atoms. The van der Waals surface area contributed by atoms with Crippen LogP contribution in [0.3, 0.4) is 0 Å². The van der Waals surface area contributed by atoms with E-state index in [9.17, 15) is 0 Å². The Bertz CT molecular complexity index is 386. The monoisotopic (exact) mass is 249 g/mol. The summed E-state index contributed by atoms with van der Waals surface area (Å²) in [5, 5.41) is 0. The maximum atomic E-state index is 6.34. The van der Waals surface area contributed by atoms with Gasteiger partial charge >= 0.3 is 0 Å². The van der Waals surface area contributed by atoms with Crippen LogP contribution in [0, 0.1) is 12.8 Å². The number of methoxy groups -OCH3 is 1. The third-order valence-corrected chi connectivity index (χ3v) is 3.76. The second-order valence-electron chi connectivity index (χ2n) is 5.13. The summed E-state index contributed by atoms with van der Waals surface area (Å²) in [6, 6.07) is 6.48. The highest BCUT2D eigenvalue weighted by atomic mass is 16.5. The van der Waals surface area contributed by atoms with Gasteiger partial charge in [0.2, 0.25) is 0 Å². The van der Waals surface area contributed by atoms with E-state index in [0.717, 1.165) is 38.2 Å². The van der Waals surface area contributed by atoms with Gasteiger partial charge in [0, 0.05) is 19.3 Å². The molecule has 1 aromatic rings. The lowest BCUT2D eigenvalue weighted by Crippen LogP contribution is -2.36. The fourth-order valence-corrected chi connectivity index (χ4v) is 2.63. The first-order valence-corrected chi connectivity index (χ1v) is 6.67. The van der Waals surface area contributed by atoms with Crippen molar-refractivity contribution in [3.63, 3.8) is 0 Å². The molecule has 1 saturated heterocycles. The Morgan fingerprint density at radius 3 is 2.78 bits per heavy atom. The standard InChI is InChI=1S/C15H23NO2/c1-11-3-4-15(17-2)13(9-11)10-14(16)12-5-7-18-8-6-12/h3-4,9,12,14H,5-8,10,16H2,1-2H3. The van der Waals surface area contributed by atoms with Crippen LogP contribution < -0.4 is 10.5 Å². The summed E-state index contributed by atoms with van der Waals surface area (Å²) in [5.74, 6) is 1.52. The molecule has 2 N–H and O–H groups in total. The topological polar surface area (TPSA) is 44.5 Å². The van der Waals surface area contributed by atoms with E-state index in [1.165, 1.54) is 11.1 Å². The van der Waals surface area contributed by atoms with Crippen LogP contribution in [0.1, 0.15) is 24.0 Å². The summed E-state index contributed by atoms with van der Waals surface area (Å²) < 4.78 is 10.8. The van der Waals surface area contributed by atoms with E-state index in [-0.39, 0.29) is 6.04 Å². The molecule has 1 heterocycles. The Kier molecular flexibility index (Phi) is 4.61. The largest absolute Gasteiger partial charge is 0.496 e. The molecule has 1 aromatic carbocycles. The maximum Gasteiger partial charge on any atom is 0.122 e. The van der Waals surface area contributed by atoms with Crippen molar-refractivity contribution in [2.75, 3.05) is 20.3 Å². The van der Waals surface area contributed by atoms with Crippen molar-refractivity contribution in [2.24, 2.45) is 11.7 Å². The van der Waals surface area contributed by atoms with E-state index in [2.05, 4.69) is 19.1 Å². The number of aryl methyl sites for hydroxylation is 1. The Labute approximate surface area is 109 Å². The van der Waals surface area contributed by atoms with Gasteiger partial charge in [-0.2, -0.15) is 0 Å². The van der Waals surface area contributed by atoms with Crippen LogP contribution in [0.4, 0.5) is 0 Å². The van der Waals surface area contributed by atoms with Gasteiger partial charge in [0.05, 0.1) is 7.11 Å². The SMILES string of the molecule is COc1ccc(C)cc1CC(N)C1CCOCC1. The second kappa shape index (κ2) is 6.21. The average Bonchev–Trinajstić information content (AvgIpc) is 2.40. The third kappa shape index (κ3) is 3.24. The molecular weight excluding hydrogens is 226 g/mol. The number of hydrogen-bond donors (Lipinski definition) is 1. The zero-order chi connectivity index (χ0) is 13.0. The molecule has 0 aliphatic carbocycles. The molecule has 100 valence electrons. The van der Waals surface area contributed by atoms with Crippen molar-refractivity contribution in [3.05, 3.63) is 29.3 Å². The van der Waals surface area contributed by atoms with Gasteiger partial charge in [-0.1, -0.05) is 17.7 Å². The summed E-state index contributed by atoms with van der Waals surface area (Å²) in [6.07, 6.45) is 3.04. The number of ether oxygens (including phenoxy) is 2. The summed E-state index contributed by atoms with van der Waals surface area (Å²) in [4.78, 5) is 0. The number of rotatable bonds is 4. The van der Waals surface area contributed by atoms with Gasteiger partial charge in [-0.05, 0) is 43.7 Å². The normalized spacial score (nSPS) is 18.6. The molecule has 0 amide bonds. The van der Waals surface area contributed by atoms with Gasteiger partial charge in [0.15, 0.2) is 0 Å². The summed E-state index contributed by atoms with van der Waals surface area (Å²) in [6.45, 7) is 3.80. The molecule has 1 fully saturated rings. The molecule has 0 radical (unpaired) electrons. The summed E-state index contributed by atoms with van der Waals surface area (Å²) >= 11 is 0. The predicted molar refractivity (Wildman–Crippen MR) is 73.0 cm³/mol. The zero-order valence-electron chi connectivity index (χ0n) is 11.3. The van der Waals surface area contributed by atoms with E-state index >= 15 is 0 Å². The van der Waals surface area contributed by atoms with E-state index < -0.39 is 0 Å². The molecule has 3 nitrogen and oxygen atoms in total. The summed E-state index contributed by atoms with van der Waals surface area (Å²) in [7, 11) is 1.72. The zero-order valence-corrected chi connectivity index (χ0v) is 11.3. The third-order valence-electron chi connectivity index (χ3n) is 3.76. The molecule has 3 heteroatoms. The van der Waals surface area contributed by atoms with Crippen LogP contribution in [0.2, 0.25) is 0 Å². The molecule has 2 rings (SSSR count). The molecule has 18 heavy (non-hydrogen) atoms. The number of hydrogen-bond acceptors (Lipinski definition) is 3. The molecule has 1 unspecified atom stereocenters. The number of nitrogens with two attached hydrogens (primary N) is 1. The van der Waals surface area contributed by atoms with Crippen molar-refractivity contribution in [1.29, 1.82) is 0 Å². The Balaban J connectivity index is 2.05. The Hall–Kier alpha value is -1.06. The highest BCUT2D eigenvalue weighted by Gasteiger charge is 2.22. The van der Waals surface area contributed by atoms with E-state index in [1.807, 2.05) is 6.07 Å². The molecule has 0 aromatic heterocycles. The van der Waals surface area contributed by atoms with Crippen molar-refractivity contribution >= 4 is 0 Å². The van der Waals surface area contributed by atoms with Crippen LogP contribution >= 0.6 is 0 Å². The minimum atomic E-state index is 0.199. The predicted octanol–water partition coefficient (Wildman–Crippen LogP) is 2.30. The molecular formula is C15H23NO2. The van der Waals surface area contributed by atoms with Crippen LogP contribution in [-0.4, -0.2) is 26.4 Å². The van der Waals surface area contributed by atoms with E-state index in [4.69, 9.17) is 15.2 Å². The Morgan fingerprint density at radius 1 is 1.39 bits per heavy atom. The minimum Gasteiger partial charge on any atom is -0.496 e. The molecule has 1 aliphatic heterocycles. The smallest absolute Gasteiger partial charge is 0.122 e. The van der Waals surface area contributed by atoms with Crippen LogP contribution in [0.5, 0.6) is 5.75 Å². The van der Waals surface area contributed by atoms with E-state index in [1.54, 1.807) is 7.11 Å². The fraction of sp³-hybridized carbons (Fsp3) is 0.600. The van der Waals surface area contributed by atoms with Crippen LogP contribution in [0.25, 0.3) is 0 Å². The molecule has 1 atom stereocenters. The van der Waals surface area contributed by atoms with E-state index in [0.29, 0.717) is 5.92 Å².